The fourth-order valence-electron chi connectivity index (χ4n) is 2.76. The second-order valence-corrected chi connectivity index (χ2v) is 5.23. The van der Waals surface area contributed by atoms with Crippen molar-refractivity contribution in [2.75, 3.05) is 0 Å². The van der Waals surface area contributed by atoms with Crippen molar-refractivity contribution in [3.05, 3.63) is 35.9 Å². The van der Waals surface area contributed by atoms with Gasteiger partial charge in [0.15, 0.2) is 0 Å². The summed E-state index contributed by atoms with van der Waals surface area (Å²) in [6.45, 7) is 3.84. The maximum absolute atomic E-state index is 13.3. The van der Waals surface area contributed by atoms with Crippen LogP contribution in [-0.4, -0.2) is 14.5 Å². The molecule has 21 heavy (non-hydrogen) atoms. The highest BCUT2D eigenvalue weighted by Crippen LogP contribution is 2.40. The Bertz CT molecular complexity index is 606. The number of hydrogen-bond donors (Lipinski definition) is 1. The summed E-state index contributed by atoms with van der Waals surface area (Å²) in [6, 6.07) is 1.01. The minimum absolute atomic E-state index is 0.0669. The van der Waals surface area contributed by atoms with Crippen LogP contribution in [-0.2, 0) is 6.18 Å². The monoisotopic (exact) mass is 300 g/mol. The topological polar surface area (TPSA) is 37.5 Å². The van der Waals surface area contributed by atoms with Crippen LogP contribution in [0, 0.1) is 5.92 Å². The van der Waals surface area contributed by atoms with Crippen molar-refractivity contribution in [2.45, 2.75) is 45.4 Å². The highest BCUT2D eigenvalue weighted by Gasteiger charge is 2.37. The highest BCUT2D eigenvalue weighted by molar-refractivity contribution is 5.58. The average molecular weight is 300 g/mol. The molecule has 0 amide bonds. The number of halogens is 3. The normalized spacial score (nSPS) is 15.3. The van der Waals surface area contributed by atoms with Crippen molar-refractivity contribution >= 4 is 5.52 Å². The molecular weight excluding hydrogens is 281 g/mol. The number of rotatable bonds is 5. The number of aromatic nitrogens is 2. The molecular formula is C15H19F3N2O. The molecule has 0 aliphatic rings. The Morgan fingerprint density at radius 1 is 1.33 bits per heavy atom. The van der Waals surface area contributed by atoms with Crippen LogP contribution in [0.25, 0.3) is 5.52 Å². The Hall–Kier alpha value is -1.56. The molecule has 0 radical (unpaired) electrons. The van der Waals surface area contributed by atoms with Crippen LogP contribution in [0.5, 0.6) is 0 Å². The molecule has 2 aromatic heterocycles. The third kappa shape index (κ3) is 3.05. The molecule has 2 unspecified atom stereocenters. The summed E-state index contributed by atoms with van der Waals surface area (Å²) in [5.74, 6) is -0.197. The smallest absolute Gasteiger partial charge is 0.388 e. The highest BCUT2D eigenvalue weighted by atomic mass is 19.4. The van der Waals surface area contributed by atoms with E-state index in [0.717, 1.165) is 12.5 Å². The van der Waals surface area contributed by atoms with Gasteiger partial charge in [-0.3, -0.25) is 0 Å². The van der Waals surface area contributed by atoms with Crippen molar-refractivity contribution in [3.8, 4) is 0 Å². The van der Waals surface area contributed by atoms with Gasteiger partial charge in [0.2, 0.25) is 0 Å². The van der Waals surface area contributed by atoms with Gasteiger partial charge in [-0.15, -0.1) is 0 Å². The molecule has 2 rings (SSSR count). The SMILES string of the molecule is CCCC(CC)C(O)c1c(C(F)(F)F)ccn2cncc12. The maximum Gasteiger partial charge on any atom is 0.416 e. The lowest BCUT2D eigenvalue weighted by Gasteiger charge is -2.25. The van der Waals surface area contributed by atoms with Gasteiger partial charge in [-0.1, -0.05) is 26.7 Å². The van der Waals surface area contributed by atoms with Crippen LogP contribution < -0.4 is 0 Å². The van der Waals surface area contributed by atoms with E-state index >= 15 is 0 Å². The third-order valence-electron chi connectivity index (χ3n) is 3.87. The minimum Gasteiger partial charge on any atom is -0.388 e. The number of nitrogens with zero attached hydrogens (tertiary/aromatic N) is 2. The van der Waals surface area contributed by atoms with Gasteiger partial charge in [0.1, 0.15) is 0 Å². The zero-order chi connectivity index (χ0) is 15.6. The van der Waals surface area contributed by atoms with Crippen LogP contribution in [0.4, 0.5) is 13.2 Å². The molecule has 2 aromatic rings. The number of fused-ring (bicyclic) bond motifs is 1. The first-order valence-corrected chi connectivity index (χ1v) is 7.09. The fraction of sp³-hybridized carbons (Fsp3) is 0.533. The Balaban J connectivity index is 2.60. The lowest BCUT2D eigenvalue weighted by molar-refractivity contribution is -0.139. The summed E-state index contributed by atoms with van der Waals surface area (Å²) in [6.07, 6.45) is 0.616. The minimum atomic E-state index is -4.49. The van der Waals surface area contributed by atoms with E-state index in [1.807, 2.05) is 13.8 Å². The first kappa shape index (κ1) is 15.8. The van der Waals surface area contributed by atoms with Crippen LogP contribution in [0.3, 0.4) is 0 Å². The number of imidazole rings is 1. The predicted octanol–water partition coefficient (Wildman–Crippen LogP) is 4.21. The number of alkyl halides is 3. The van der Waals surface area contributed by atoms with Crippen LogP contribution in [0.1, 0.15) is 50.3 Å². The molecule has 0 fully saturated rings. The summed E-state index contributed by atoms with van der Waals surface area (Å²) < 4.78 is 41.3. The zero-order valence-electron chi connectivity index (χ0n) is 12.1. The van der Waals surface area contributed by atoms with Gasteiger partial charge >= 0.3 is 6.18 Å². The first-order valence-electron chi connectivity index (χ1n) is 7.09. The van der Waals surface area contributed by atoms with Crippen LogP contribution in [0.2, 0.25) is 0 Å². The van der Waals surface area contributed by atoms with Crippen molar-refractivity contribution in [1.82, 2.24) is 9.38 Å². The Kier molecular flexibility index (Phi) is 4.56. The van der Waals surface area contributed by atoms with Crippen molar-refractivity contribution < 1.29 is 18.3 Å². The molecule has 2 atom stereocenters. The van der Waals surface area contributed by atoms with E-state index in [4.69, 9.17) is 0 Å². The quantitative estimate of drug-likeness (QED) is 0.898. The van der Waals surface area contributed by atoms with Gasteiger partial charge < -0.3 is 9.51 Å². The summed E-state index contributed by atoms with van der Waals surface area (Å²) in [7, 11) is 0. The van der Waals surface area contributed by atoms with Crippen LogP contribution in [0.15, 0.2) is 24.8 Å². The third-order valence-corrected chi connectivity index (χ3v) is 3.87. The van der Waals surface area contributed by atoms with Gasteiger partial charge in [-0.25, -0.2) is 4.98 Å². The standard InChI is InChI=1S/C15H19F3N2O/c1-3-5-10(4-2)14(21)13-11(15(16,17)18)6-7-20-9-19-8-12(13)20/h6-10,14,21H,3-5H2,1-2H3. The molecule has 1 N–H and O–H groups in total. The number of pyridine rings is 1. The Morgan fingerprint density at radius 2 is 2.05 bits per heavy atom. The van der Waals surface area contributed by atoms with E-state index < -0.39 is 17.8 Å². The number of aliphatic hydroxyl groups excluding tert-OH is 1. The summed E-state index contributed by atoms with van der Waals surface area (Å²) in [5, 5.41) is 10.5. The van der Waals surface area contributed by atoms with E-state index in [0.29, 0.717) is 18.4 Å². The Morgan fingerprint density at radius 3 is 2.62 bits per heavy atom. The number of hydrogen-bond acceptors (Lipinski definition) is 2. The van der Waals surface area contributed by atoms with Gasteiger partial charge in [0.05, 0.1) is 29.7 Å². The van der Waals surface area contributed by atoms with Gasteiger partial charge in [-0.2, -0.15) is 13.2 Å². The first-order chi connectivity index (χ1) is 9.90. The predicted molar refractivity (Wildman–Crippen MR) is 73.8 cm³/mol. The lowest BCUT2D eigenvalue weighted by Crippen LogP contribution is -2.19. The largest absolute Gasteiger partial charge is 0.416 e. The number of aliphatic hydroxyl groups is 1. The molecule has 6 heteroatoms. The van der Waals surface area contributed by atoms with E-state index in [1.165, 1.54) is 23.1 Å². The van der Waals surface area contributed by atoms with Gasteiger partial charge in [0, 0.05) is 11.8 Å². The molecule has 0 aliphatic carbocycles. The lowest BCUT2D eigenvalue weighted by atomic mass is 9.87. The summed E-state index contributed by atoms with van der Waals surface area (Å²) in [4.78, 5) is 3.88. The average Bonchev–Trinajstić information content (AvgIpc) is 2.90. The van der Waals surface area contributed by atoms with E-state index in [9.17, 15) is 18.3 Å². The van der Waals surface area contributed by atoms with Gasteiger partial charge in [0.25, 0.3) is 0 Å². The zero-order valence-corrected chi connectivity index (χ0v) is 12.1. The molecule has 0 saturated heterocycles. The molecule has 0 aliphatic heterocycles. The molecule has 0 bridgehead atoms. The summed E-state index contributed by atoms with van der Waals surface area (Å²) in [5.41, 5.74) is -0.535. The molecule has 0 saturated carbocycles. The summed E-state index contributed by atoms with van der Waals surface area (Å²) >= 11 is 0. The van der Waals surface area contributed by atoms with E-state index in [-0.39, 0.29) is 11.5 Å². The van der Waals surface area contributed by atoms with E-state index in [2.05, 4.69) is 4.98 Å². The molecule has 116 valence electrons. The molecule has 3 nitrogen and oxygen atoms in total. The van der Waals surface area contributed by atoms with Crippen LogP contribution >= 0.6 is 0 Å². The molecule has 2 heterocycles. The molecule has 0 spiro atoms. The second-order valence-electron chi connectivity index (χ2n) is 5.23. The Labute approximate surface area is 121 Å². The van der Waals surface area contributed by atoms with Crippen molar-refractivity contribution in [2.24, 2.45) is 5.92 Å². The van der Waals surface area contributed by atoms with E-state index in [1.54, 1.807) is 0 Å². The second kappa shape index (κ2) is 6.05. The van der Waals surface area contributed by atoms with Crippen molar-refractivity contribution in [3.63, 3.8) is 0 Å². The maximum atomic E-state index is 13.3. The fourth-order valence-corrected chi connectivity index (χ4v) is 2.76. The van der Waals surface area contributed by atoms with Crippen molar-refractivity contribution in [1.29, 1.82) is 0 Å². The molecule has 0 aromatic carbocycles. The van der Waals surface area contributed by atoms with Gasteiger partial charge in [-0.05, 0) is 18.4 Å².